The summed E-state index contributed by atoms with van der Waals surface area (Å²) >= 11 is 0. The number of benzene rings is 2. The Labute approximate surface area is 215 Å². The molecule has 0 fully saturated rings. The molecule has 0 saturated heterocycles. The van der Waals surface area contributed by atoms with Crippen LogP contribution in [0.5, 0.6) is 28.7 Å². The van der Waals surface area contributed by atoms with Crippen molar-refractivity contribution >= 4 is 11.7 Å². The van der Waals surface area contributed by atoms with E-state index in [-0.39, 0.29) is 47.0 Å². The average Bonchev–Trinajstić information content (AvgIpc) is 3.19. The van der Waals surface area contributed by atoms with Crippen LogP contribution in [0.4, 0.5) is 0 Å². The third-order valence-electron chi connectivity index (χ3n) is 7.08. The van der Waals surface area contributed by atoms with E-state index in [9.17, 15) is 30.0 Å². The summed E-state index contributed by atoms with van der Waals surface area (Å²) in [4.78, 5) is 23.4. The molecule has 2 aliphatic rings. The molecule has 5 N–H and O–H groups in total. The molecule has 0 aromatic heterocycles. The maximum absolute atomic E-state index is 12.3. The summed E-state index contributed by atoms with van der Waals surface area (Å²) in [5.74, 6) is -1.39. The van der Waals surface area contributed by atoms with Crippen molar-refractivity contribution in [3.63, 3.8) is 0 Å². The summed E-state index contributed by atoms with van der Waals surface area (Å²) in [7, 11) is 0. The van der Waals surface area contributed by atoms with E-state index in [1.165, 1.54) is 24.3 Å². The number of hydrogen-bond donors (Lipinski definition) is 5. The van der Waals surface area contributed by atoms with Crippen molar-refractivity contribution in [1.82, 2.24) is 5.32 Å². The number of carbonyl (C=O) groups excluding carboxylic acids is 2. The van der Waals surface area contributed by atoms with E-state index >= 15 is 0 Å². The van der Waals surface area contributed by atoms with E-state index in [2.05, 4.69) is 11.9 Å². The summed E-state index contributed by atoms with van der Waals surface area (Å²) in [5, 5.41) is 43.2. The SMILES string of the molecule is C=CC(=O)NCCCCCC(=O)CCCOC12COc3c(ccc(O)c3O)C1c1cc(O)c(O)cc1C2. The highest BCUT2D eigenvalue weighted by Crippen LogP contribution is 2.57. The van der Waals surface area contributed by atoms with Crippen LogP contribution in [0, 0.1) is 0 Å². The maximum atomic E-state index is 12.3. The Morgan fingerprint density at radius 2 is 1.78 bits per heavy atom. The zero-order valence-corrected chi connectivity index (χ0v) is 20.7. The minimum Gasteiger partial charge on any atom is -0.504 e. The number of carbonyl (C=O) groups is 2. The van der Waals surface area contributed by atoms with Gasteiger partial charge in [-0.2, -0.15) is 0 Å². The number of rotatable bonds is 12. The third-order valence-corrected chi connectivity index (χ3v) is 7.08. The summed E-state index contributed by atoms with van der Waals surface area (Å²) in [6, 6.07) is 6.07. The second kappa shape index (κ2) is 11.1. The minimum absolute atomic E-state index is 0.0915. The summed E-state index contributed by atoms with van der Waals surface area (Å²) < 4.78 is 12.3. The van der Waals surface area contributed by atoms with Crippen LogP contribution in [-0.4, -0.2) is 57.5 Å². The number of nitrogens with one attached hydrogen (secondary N) is 1. The van der Waals surface area contributed by atoms with Gasteiger partial charge >= 0.3 is 0 Å². The van der Waals surface area contributed by atoms with Gasteiger partial charge in [0.1, 0.15) is 18.0 Å². The maximum Gasteiger partial charge on any atom is 0.243 e. The van der Waals surface area contributed by atoms with Gasteiger partial charge in [-0.1, -0.05) is 19.1 Å². The van der Waals surface area contributed by atoms with Gasteiger partial charge in [0, 0.05) is 43.9 Å². The number of amides is 1. The average molecular weight is 512 g/mol. The Morgan fingerprint density at radius 3 is 2.57 bits per heavy atom. The number of Topliss-reactive ketones (excluding diaryl/α,β-unsaturated/α-hetero) is 1. The van der Waals surface area contributed by atoms with Crippen LogP contribution in [0.1, 0.15) is 61.1 Å². The molecule has 1 aliphatic carbocycles. The summed E-state index contributed by atoms with van der Waals surface area (Å²) in [6.07, 6.45) is 5.46. The van der Waals surface area contributed by atoms with E-state index < -0.39 is 11.5 Å². The predicted octanol–water partition coefficient (Wildman–Crippen LogP) is 3.56. The zero-order chi connectivity index (χ0) is 26.6. The standard InChI is InChI=1S/C28H33NO8/c1-2-24(34)29-11-5-3-4-7-18(30)8-6-12-37-28-15-17-13-22(32)23(33)14-20(17)25(28)19-9-10-21(31)26(35)27(19)36-16-28/h2,9-10,13-14,25,31-33,35H,1,3-8,11-12,15-16H2,(H,29,34). The normalized spacial score (nSPS) is 19.3. The van der Waals surface area contributed by atoms with Crippen molar-refractivity contribution in [2.75, 3.05) is 19.8 Å². The quantitative estimate of drug-likeness (QED) is 0.165. The molecular weight excluding hydrogens is 478 g/mol. The molecule has 9 heteroatoms. The van der Waals surface area contributed by atoms with E-state index in [0.29, 0.717) is 44.4 Å². The molecule has 1 heterocycles. The molecule has 0 saturated carbocycles. The number of hydrogen-bond acceptors (Lipinski definition) is 8. The molecule has 1 amide bonds. The molecule has 2 aromatic rings. The predicted molar refractivity (Wildman–Crippen MR) is 135 cm³/mol. The van der Waals surface area contributed by atoms with Crippen LogP contribution in [0.15, 0.2) is 36.9 Å². The fourth-order valence-electron chi connectivity index (χ4n) is 5.25. The number of ether oxygens (including phenoxy) is 2. The molecule has 0 spiro atoms. The van der Waals surface area contributed by atoms with Crippen molar-refractivity contribution in [2.45, 2.75) is 56.5 Å². The highest BCUT2D eigenvalue weighted by atomic mass is 16.6. The molecule has 9 nitrogen and oxygen atoms in total. The van der Waals surface area contributed by atoms with Crippen LogP contribution in [0.25, 0.3) is 0 Å². The zero-order valence-electron chi connectivity index (χ0n) is 20.7. The summed E-state index contributed by atoms with van der Waals surface area (Å²) in [5.41, 5.74) is 1.32. The number of fused-ring (bicyclic) bond motifs is 5. The fourth-order valence-corrected chi connectivity index (χ4v) is 5.25. The van der Waals surface area contributed by atoms with Gasteiger partial charge in [0.15, 0.2) is 23.0 Å². The molecular formula is C28H33NO8. The van der Waals surface area contributed by atoms with Crippen LogP contribution in [0.3, 0.4) is 0 Å². The van der Waals surface area contributed by atoms with Crippen molar-refractivity contribution in [3.8, 4) is 28.7 Å². The number of unbranched alkanes of at least 4 members (excludes halogenated alkanes) is 2. The second-order valence-electron chi connectivity index (χ2n) is 9.65. The van der Waals surface area contributed by atoms with E-state index in [4.69, 9.17) is 9.47 Å². The molecule has 37 heavy (non-hydrogen) atoms. The van der Waals surface area contributed by atoms with Gasteiger partial charge in [0.25, 0.3) is 0 Å². The third kappa shape index (κ3) is 5.51. The van der Waals surface area contributed by atoms with Crippen molar-refractivity contribution in [2.24, 2.45) is 0 Å². The van der Waals surface area contributed by atoms with Crippen LogP contribution < -0.4 is 10.1 Å². The number of aromatic hydroxyl groups is 4. The van der Waals surface area contributed by atoms with Gasteiger partial charge in [-0.05, 0) is 54.7 Å². The van der Waals surface area contributed by atoms with Crippen molar-refractivity contribution < 1.29 is 39.5 Å². The summed E-state index contributed by atoms with van der Waals surface area (Å²) in [6.45, 7) is 4.37. The first-order valence-electron chi connectivity index (χ1n) is 12.5. The Kier molecular flexibility index (Phi) is 7.92. The van der Waals surface area contributed by atoms with Crippen molar-refractivity contribution in [3.05, 3.63) is 53.6 Å². The number of phenolic OH excluding ortho intramolecular Hbond substituents is 4. The fraction of sp³-hybridized carbons (Fsp3) is 0.429. The van der Waals surface area contributed by atoms with Crippen molar-refractivity contribution in [1.29, 1.82) is 0 Å². The highest BCUT2D eigenvalue weighted by molar-refractivity contribution is 5.86. The smallest absolute Gasteiger partial charge is 0.243 e. The lowest BCUT2D eigenvalue weighted by atomic mass is 9.80. The van der Waals surface area contributed by atoms with Gasteiger partial charge in [-0.25, -0.2) is 0 Å². The lowest BCUT2D eigenvalue weighted by Crippen LogP contribution is -2.46. The monoisotopic (exact) mass is 511 g/mol. The van der Waals surface area contributed by atoms with Gasteiger partial charge in [-0.15, -0.1) is 0 Å². The molecule has 2 aromatic carbocycles. The van der Waals surface area contributed by atoms with Crippen LogP contribution in [-0.2, 0) is 20.7 Å². The molecule has 2 unspecified atom stereocenters. The molecule has 1 aliphatic heterocycles. The first kappa shape index (κ1) is 26.3. The molecule has 0 radical (unpaired) electrons. The van der Waals surface area contributed by atoms with E-state index in [0.717, 1.165) is 30.4 Å². The minimum atomic E-state index is -0.849. The van der Waals surface area contributed by atoms with Crippen LogP contribution >= 0.6 is 0 Å². The molecule has 0 bridgehead atoms. The van der Waals surface area contributed by atoms with E-state index in [1.54, 1.807) is 6.07 Å². The lowest BCUT2D eigenvalue weighted by molar-refractivity contribution is -0.121. The first-order chi connectivity index (χ1) is 17.8. The van der Waals surface area contributed by atoms with Crippen LogP contribution in [0.2, 0.25) is 0 Å². The first-order valence-corrected chi connectivity index (χ1v) is 12.5. The Morgan fingerprint density at radius 1 is 1.03 bits per heavy atom. The largest absolute Gasteiger partial charge is 0.504 e. The lowest BCUT2D eigenvalue weighted by Gasteiger charge is -2.40. The number of phenols is 4. The van der Waals surface area contributed by atoms with Gasteiger partial charge in [-0.3, -0.25) is 9.59 Å². The highest BCUT2D eigenvalue weighted by Gasteiger charge is 2.53. The Hall–Kier alpha value is -3.72. The van der Waals surface area contributed by atoms with Gasteiger partial charge in [0.05, 0.1) is 0 Å². The van der Waals surface area contributed by atoms with E-state index in [1.807, 2.05) is 0 Å². The Balaban J connectivity index is 1.36. The molecule has 198 valence electrons. The van der Waals surface area contributed by atoms with Gasteiger partial charge < -0.3 is 35.2 Å². The number of ketones is 1. The Bertz CT molecular complexity index is 1190. The molecule has 4 rings (SSSR count). The van der Waals surface area contributed by atoms with Gasteiger partial charge in [0.2, 0.25) is 11.7 Å². The molecule has 2 atom stereocenters. The topological polar surface area (TPSA) is 146 Å². The second-order valence-corrected chi connectivity index (χ2v) is 9.65.